The second-order valence-electron chi connectivity index (χ2n) is 7.22. The summed E-state index contributed by atoms with van der Waals surface area (Å²) in [6, 6.07) is 30.5. The molecule has 1 aliphatic rings. The van der Waals surface area contributed by atoms with E-state index in [1.54, 1.807) is 0 Å². The first-order chi connectivity index (χ1) is 13.4. The average molecular weight is 350 g/mol. The van der Waals surface area contributed by atoms with Gasteiger partial charge in [0.1, 0.15) is 0 Å². The van der Waals surface area contributed by atoms with Crippen LogP contribution in [0.5, 0.6) is 0 Å². The maximum absolute atomic E-state index is 4.88. The fourth-order valence-corrected chi connectivity index (χ4v) is 4.29. The van der Waals surface area contributed by atoms with E-state index in [1.165, 1.54) is 27.5 Å². The van der Waals surface area contributed by atoms with Gasteiger partial charge < -0.3 is 0 Å². The van der Waals surface area contributed by atoms with Crippen LogP contribution < -0.4 is 0 Å². The lowest BCUT2D eigenvalue weighted by atomic mass is 9.88. The van der Waals surface area contributed by atoms with E-state index in [0.29, 0.717) is 0 Å². The van der Waals surface area contributed by atoms with E-state index in [0.717, 1.165) is 25.2 Å². The van der Waals surface area contributed by atoms with E-state index in [-0.39, 0.29) is 6.04 Å². The summed E-state index contributed by atoms with van der Waals surface area (Å²) in [5, 5.41) is 2.50. The van der Waals surface area contributed by atoms with Crippen LogP contribution in [0, 0.1) is 0 Å². The number of pyridine rings is 1. The topological polar surface area (TPSA) is 16.1 Å². The van der Waals surface area contributed by atoms with Crippen molar-refractivity contribution in [3.8, 4) is 0 Å². The number of benzene rings is 3. The fraction of sp³-hybridized carbons (Fsp3) is 0.160. The summed E-state index contributed by atoms with van der Waals surface area (Å²) in [6.45, 7) is 1.98. The van der Waals surface area contributed by atoms with Crippen molar-refractivity contribution >= 4 is 10.8 Å². The number of rotatable bonds is 3. The molecule has 0 aliphatic carbocycles. The van der Waals surface area contributed by atoms with Gasteiger partial charge in [0.05, 0.1) is 11.7 Å². The predicted octanol–water partition coefficient (Wildman–Crippen LogP) is 5.38. The van der Waals surface area contributed by atoms with Crippen LogP contribution in [0.2, 0.25) is 0 Å². The third-order valence-corrected chi connectivity index (χ3v) is 5.58. The molecule has 132 valence electrons. The molecular weight excluding hydrogens is 328 g/mol. The summed E-state index contributed by atoms with van der Waals surface area (Å²) in [6.07, 6.45) is 3.04. The Bertz CT molecular complexity index is 1070. The average Bonchev–Trinajstić information content (AvgIpc) is 2.74. The molecule has 0 fully saturated rings. The number of aromatic nitrogens is 1. The molecule has 0 saturated heterocycles. The molecule has 2 heteroatoms. The van der Waals surface area contributed by atoms with Crippen molar-refractivity contribution in [2.75, 3.05) is 6.54 Å². The Morgan fingerprint density at radius 3 is 2.52 bits per heavy atom. The molecule has 0 amide bonds. The molecule has 0 radical (unpaired) electrons. The highest BCUT2D eigenvalue weighted by Crippen LogP contribution is 2.37. The molecule has 5 rings (SSSR count). The van der Waals surface area contributed by atoms with Gasteiger partial charge >= 0.3 is 0 Å². The van der Waals surface area contributed by atoms with E-state index in [9.17, 15) is 0 Å². The molecule has 1 aliphatic heterocycles. The SMILES string of the molecule is c1ccc(CN2CCc3ccccc3[C@@H]2c2nccc3ccccc23)cc1. The summed E-state index contributed by atoms with van der Waals surface area (Å²) in [5.41, 5.74) is 5.35. The first kappa shape index (κ1) is 16.2. The largest absolute Gasteiger partial charge is 0.286 e. The number of hydrogen-bond donors (Lipinski definition) is 0. The van der Waals surface area contributed by atoms with Crippen LogP contribution in [0.4, 0.5) is 0 Å². The van der Waals surface area contributed by atoms with E-state index >= 15 is 0 Å². The molecule has 2 nitrogen and oxygen atoms in total. The van der Waals surface area contributed by atoms with E-state index < -0.39 is 0 Å². The van der Waals surface area contributed by atoms with Gasteiger partial charge in [0.15, 0.2) is 0 Å². The van der Waals surface area contributed by atoms with E-state index in [2.05, 4.69) is 89.8 Å². The maximum atomic E-state index is 4.88. The molecule has 1 aromatic heterocycles. The predicted molar refractivity (Wildman–Crippen MR) is 111 cm³/mol. The highest BCUT2D eigenvalue weighted by atomic mass is 15.2. The monoisotopic (exact) mass is 350 g/mol. The van der Waals surface area contributed by atoms with Crippen LogP contribution in [-0.4, -0.2) is 16.4 Å². The summed E-state index contributed by atoms with van der Waals surface area (Å²) in [5.74, 6) is 0. The van der Waals surface area contributed by atoms with Crippen molar-refractivity contribution in [1.29, 1.82) is 0 Å². The fourth-order valence-electron chi connectivity index (χ4n) is 4.29. The van der Waals surface area contributed by atoms with Crippen LogP contribution in [0.15, 0.2) is 91.1 Å². The molecule has 0 saturated carbocycles. The van der Waals surface area contributed by atoms with Gasteiger partial charge in [0.2, 0.25) is 0 Å². The lowest BCUT2D eigenvalue weighted by Gasteiger charge is -2.37. The van der Waals surface area contributed by atoms with Gasteiger partial charge in [-0.15, -0.1) is 0 Å². The third-order valence-electron chi connectivity index (χ3n) is 5.58. The smallest absolute Gasteiger partial charge is 0.0788 e. The summed E-state index contributed by atoms with van der Waals surface area (Å²) >= 11 is 0. The van der Waals surface area contributed by atoms with Crippen LogP contribution in [0.1, 0.15) is 28.4 Å². The zero-order valence-corrected chi connectivity index (χ0v) is 15.3. The Balaban J connectivity index is 1.66. The van der Waals surface area contributed by atoms with Gasteiger partial charge in [-0.1, -0.05) is 78.9 Å². The number of fused-ring (bicyclic) bond motifs is 2. The lowest BCUT2D eigenvalue weighted by molar-refractivity contribution is 0.202. The molecule has 0 unspecified atom stereocenters. The molecule has 0 N–H and O–H groups in total. The van der Waals surface area contributed by atoms with Crippen LogP contribution in [0.25, 0.3) is 10.8 Å². The molecular formula is C25H22N2. The van der Waals surface area contributed by atoms with Gasteiger partial charge in [0, 0.05) is 24.7 Å². The molecule has 2 heterocycles. The van der Waals surface area contributed by atoms with Crippen LogP contribution >= 0.6 is 0 Å². The molecule has 0 spiro atoms. The van der Waals surface area contributed by atoms with Gasteiger partial charge in [-0.3, -0.25) is 9.88 Å². The molecule has 3 aromatic carbocycles. The zero-order valence-electron chi connectivity index (χ0n) is 15.3. The second-order valence-corrected chi connectivity index (χ2v) is 7.22. The second kappa shape index (κ2) is 6.98. The Kier molecular flexibility index (Phi) is 4.19. The van der Waals surface area contributed by atoms with Crippen molar-refractivity contribution in [2.45, 2.75) is 19.0 Å². The lowest BCUT2D eigenvalue weighted by Crippen LogP contribution is -2.36. The molecule has 27 heavy (non-hydrogen) atoms. The Labute approximate surface area is 160 Å². The van der Waals surface area contributed by atoms with Crippen molar-refractivity contribution in [1.82, 2.24) is 9.88 Å². The van der Waals surface area contributed by atoms with Gasteiger partial charge in [-0.05, 0) is 34.6 Å². The van der Waals surface area contributed by atoms with E-state index in [1.807, 2.05) is 6.20 Å². The maximum Gasteiger partial charge on any atom is 0.0788 e. The van der Waals surface area contributed by atoms with Crippen molar-refractivity contribution < 1.29 is 0 Å². The Morgan fingerprint density at radius 2 is 1.59 bits per heavy atom. The van der Waals surface area contributed by atoms with Gasteiger partial charge in [-0.2, -0.15) is 0 Å². The van der Waals surface area contributed by atoms with Crippen molar-refractivity contribution in [3.63, 3.8) is 0 Å². The quantitative estimate of drug-likeness (QED) is 0.493. The normalized spacial score (nSPS) is 17.0. The van der Waals surface area contributed by atoms with Gasteiger partial charge in [-0.25, -0.2) is 0 Å². The highest BCUT2D eigenvalue weighted by Gasteiger charge is 2.30. The van der Waals surface area contributed by atoms with Crippen LogP contribution in [0.3, 0.4) is 0 Å². The minimum Gasteiger partial charge on any atom is -0.286 e. The summed E-state index contributed by atoms with van der Waals surface area (Å²) < 4.78 is 0. The Morgan fingerprint density at radius 1 is 0.815 bits per heavy atom. The van der Waals surface area contributed by atoms with Gasteiger partial charge in [0.25, 0.3) is 0 Å². The van der Waals surface area contributed by atoms with Crippen molar-refractivity contribution in [3.05, 3.63) is 114 Å². The minimum absolute atomic E-state index is 0.182. The third kappa shape index (κ3) is 3.02. The molecule has 4 aromatic rings. The van der Waals surface area contributed by atoms with Crippen LogP contribution in [-0.2, 0) is 13.0 Å². The highest BCUT2D eigenvalue weighted by molar-refractivity contribution is 5.85. The zero-order chi connectivity index (χ0) is 18.1. The Hall–Kier alpha value is -2.97. The summed E-state index contributed by atoms with van der Waals surface area (Å²) in [4.78, 5) is 7.46. The summed E-state index contributed by atoms with van der Waals surface area (Å²) in [7, 11) is 0. The standard InChI is InChI=1S/C25H22N2/c1-2-8-19(9-3-1)18-27-17-15-21-11-5-7-13-23(21)25(27)24-22-12-6-4-10-20(22)14-16-26-24/h1-14,16,25H,15,17-18H2/t25-/m1/s1. The first-order valence-corrected chi connectivity index (χ1v) is 9.59. The van der Waals surface area contributed by atoms with E-state index in [4.69, 9.17) is 4.98 Å². The number of nitrogens with zero attached hydrogens (tertiary/aromatic N) is 2. The minimum atomic E-state index is 0.182. The number of hydrogen-bond acceptors (Lipinski definition) is 2. The molecule has 1 atom stereocenters. The molecule has 0 bridgehead atoms. The first-order valence-electron chi connectivity index (χ1n) is 9.59. The van der Waals surface area contributed by atoms with Crippen molar-refractivity contribution in [2.24, 2.45) is 0 Å².